The van der Waals surface area contributed by atoms with Gasteiger partial charge in [-0.05, 0) is 63.6 Å². The number of anilines is 1. The van der Waals surface area contributed by atoms with Gasteiger partial charge in [0.15, 0.2) is 0 Å². The van der Waals surface area contributed by atoms with Crippen LogP contribution in [-0.2, 0) is 0 Å². The SMILES string of the molecule is C[C@H](O)CNc1ccc(I)c(Br)c1. The monoisotopic (exact) mass is 355 g/mol. The first-order valence-electron chi connectivity index (χ1n) is 3.96. The molecule has 4 heteroatoms. The van der Waals surface area contributed by atoms with E-state index < -0.39 is 0 Å². The number of aliphatic hydroxyl groups excluding tert-OH is 1. The normalized spacial score (nSPS) is 12.6. The van der Waals surface area contributed by atoms with Crippen LogP contribution in [0.25, 0.3) is 0 Å². The molecule has 0 radical (unpaired) electrons. The van der Waals surface area contributed by atoms with E-state index >= 15 is 0 Å². The summed E-state index contributed by atoms with van der Waals surface area (Å²) in [4.78, 5) is 0. The zero-order chi connectivity index (χ0) is 9.84. The van der Waals surface area contributed by atoms with E-state index in [-0.39, 0.29) is 6.10 Å². The van der Waals surface area contributed by atoms with Gasteiger partial charge in [-0.2, -0.15) is 0 Å². The van der Waals surface area contributed by atoms with Crippen molar-refractivity contribution in [2.75, 3.05) is 11.9 Å². The number of nitrogens with one attached hydrogen (secondary N) is 1. The van der Waals surface area contributed by atoms with Crippen LogP contribution in [0, 0.1) is 3.57 Å². The van der Waals surface area contributed by atoms with E-state index in [0.717, 1.165) is 10.2 Å². The highest BCUT2D eigenvalue weighted by atomic mass is 127. The van der Waals surface area contributed by atoms with Crippen LogP contribution in [-0.4, -0.2) is 17.8 Å². The highest BCUT2D eigenvalue weighted by Crippen LogP contribution is 2.22. The average Bonchev–Trinajstić information content (AvgIpc) is 2.07. The van der Waals surface area contributed by atoms with E-state index in [0.29, 0.717) is 6.54 Å². The van der Waals surface area contributed by atoms with Gasteiger partial charge < -0.3 is 10.4 Å². The van der Waals surface area contributed by atoms with Crippen LogP contribution in [0.3, 0.4) is 0 Å². The van der Waals surface area contributed by atoms with Gasteiger partial charge in [0.1, 0.15) is 0 Å². The Labute approximate surface area is 100.0 Å². The van der Waals surface area contributed by atoms with Crippen molar-refractivity contribution in [1.82, 2.24) is 0 Å². The molecular weight excluding hydrogens is 345 g/mol. The number of hydrogen-bond acceptors (Lipinski definition) is 2. The molecule has 2 nitrogen and oxygen atoms in total. The fourth-order valence-electron chi connectivity index (χ4n) is 0.872. The molecular formula is C9H11BrINO. The minimum Gasteiger partial charge on any atom is -0.392 e. The minimum absolute atomic E-state index is 0.321. The Morgan fingerprint density at radius 1 is 1.62 bits per heavy atom. The van der Waals surface area contributed by atoms with E-state index in [1.54, 1.807) is 6.92 Å². The fraction of sp³-hybridized carbons (Fsp3) is 0.333. The lowest BCUT2D eigenvalue weighted by Crippen LogP contribution is -2.15. The topological polar surface area (TPSA) is 32.3 Å². The molecule has 0 aliphatic heterocycles. The summed E-state index contributed by atoms with van der Waals surface area (Å²) in [5.74, 6) is 0. The van der Waals surface area contributed by atoms with Crippen LogP contribution in [0.15, 0.2) is 22.7 Å². The van der Waals surface area contributed by atoms with Crippen molar-refractivity contribution in [3.8, 4) is 0 Å². The first-order valence-corrected chi connectivity index (χ1v) is 5.84. The summed E-state index contributed by atoms with van der Waals surface area (Å²) < 4.78 is 2.25. The van der Waals surface area contributed by atoms with E-state index in [1.165, 1.54) is 3.57 Å². The predicted octanol–water partition coefficient (Wildman–Crippen LogP) is 2.85. The van der Waals surface area contributed by atoms with Crippen molar-refractivity contribution < 1.29 is 5.11 Å². The lowest BCUT2D eigenvalue weighted by atomic mass is 10.3. The van der Waals surface area contributed by atoms with Crippen molar-refractivity contribution >= 4 is 44.2 Å². The van der Waals surface area contributed by atoms with Crippen molar-refractivity contribution in [2.45, 2.75) is 13.0 Å². The first kappa shape index (κ1) is 11.3. The second-order valence-corrected chi connectivity index (χ2v) is 4.88. The molecule has 72 valence electrons. The van der Waals surface area contributed by atoms with Crippen LogP contribution in [0.4, 0.5) is 5.69 Å². The summed E-state index contributed by atoms with van der Waals surface area (Å²) in [7, 11) is 0. The third-order valence-corrected chi connectivity index (χ3v) is 3.86. The summed E-state index contributed by atoms with van der Waals surface area (Å²) in [6.07, 6.45) is -0.321. The van der Waals surface area contributed by atoms with E-state index in [1.807, 2.05) is 18.2 Å². The second kappa shape index (κ2) is 5.17. The largest absolute Gasteiger partial charge is 0.392 e. The van der Waals surface area contributed by atoms with Crippen molar-refractivity contribution in [3.05, 3.63) is 26.2 Å². The lowest BCUT2D eigenvalue weighted by Gasteiger charge is -2.08. The predicted molar refractivity (Wildman–Crippen MR) is 67.0 cm³/mol. The Morgan fingerprint density at radius 3 is 2.85 bits per heavy atom. The Kier molecular flexibility index (Phi) is 4.48. The van der Waals surface area contributed by atoms with Gasteiger partial charge in [0.25, 0.3) is 0 Å². The van der Waals surface area contributed by atoms with E-state index in [4.69, 9.17) is 5.11 Å². The number of rotatable bonds is 3. The average molecular weight is 356 g/mol. The first-order chi connectivity index (χ1) is 6.09. The van der Waals surface area contributed by atoms with Gasteiger partial charge in [0.05, 0.1) is 6.10 Å². The van der Waals surface area contributed by atoms with E-state index in [2.05, 4.69) is 43.8 Å². The molecule has 0 aliphatic carbocycles. The molecule has 1 rings (SSSR count). The molecule has 0 heterocycles. The maximum atomic E-state index is 9.06. The molecule has 1 aromatic rings. The number of benzene rings is 1. The Balaban J connectivity index is 2.63. The van der Waals surface area contributed by atoms with Gasteiger partial charge in [-0.15, -0.1) is 0 Å². The Bertz CT molecular complexity index is 291. The molecule has 0 aromatic heterocycles. The summed E-state index contributed by atoms with van der Waals surface area (Å²) in [6.45, 7) is 2.34. The summed E-state index contributed by atoms with van der Waals surface area (Å²) in [6, 6.07) is 6.02. The molecule has 2 N–H and O–H groups in total. The van der Waals surface area contributed by atoms with Crippen LogP contribution < -0.4 is 5.32 Å². The molecule has 0 unspecified atom stereocenters. The Hall–Kier alpha value is 0.190. The number of aliphatic hydroxyl groups is 1. The molecule has 0 saturated carbocycles. The third-order valence-electron chi connectivity index (χ3n) is 1.52. The minimum atomic E-state index is -0.321. The molecule has 13 heavy (non-hydrogen) atoms. The molecule has 1 atom stereocenters. The standard InChI is InChI=1S/C9H11BrINO/c1-6(13)5-12-7-2-3-9(11)8(10)4-7/h2-4,6,12-13H,5H2,1H3/t6-/m0/s1. The second-order valence-electron chi connectivity index (χ2n) is 2.86. The molecule has 0 aliphatic rings. The zero-order valence-electron chi connectivity index (χ0n) is 7.22. The van der Waals surface area contributed by atoms with Gasteiger partial charge in [-0.1, -0.05) is 0 Å². The van der Waals surface area contributed by atoms with Gasteiger partial charge in [-0.25, -0.2) is 0 Å². The molecule has 0 saturated heterocycles. The number of halogens is 2. The molecule has 0 fully saturated rings. The quantitative estimate of drug-likeness (QED) is 0.817. The lowest BCUT2D eigenvalue weighted by molar-refractivity contribution is 0.208. The smallest absolute Gasteiger partial charge is 0.0684 e. The maximum absolute atomic E-state index is 9.06. The number of hydrogen-bond donors (Lipinski definition) is 2. The highest BCUT2D eigenvalue weighted by Gasteiger charge is 1.99. The summed E-state index contributed by atoms with van der Waals surface area (Å²) in [5.41, 5.74) is 1.02. The highest BCUT2D eigenvalue weighted by molar-refractivity contribution is 14.1. The van der Waals surface area contributed by atoms with Gasteiger partial charge in [0, 0.05) is 20.3 Å². The Morgan fingerprint density at radius 2 is 2.31 bits per heavy atom. The van der Waals surface area contributed by atoms with Crippen LogP contribution in [0.2, 0.25) is 0 Å². The maximum Gasteiger partial charge on any atom is 0.0684 e. The van der Waals surface area contributed by atoms with E-state index in [9.17, 15) is 0 Å². The van der Waals surface area contributed by atoms with Gasteiger partial charge >= 0.3 is 0 Å². The van der Waals surface area contributed by atoms with Crippen molar-refractivity contribution in [2.24, 2.45) is 0 Å². The third kappa shape index (κ3) is 3.83. The van der Waals surface area contributed by atoms with Gasteiger partial charge in [-0.3, -0.25) is 0 Å². The molecule has 0 bridgehead atoms. The zero-order valence-corrected chi connectivity index (χ0v) is 11.0. The fourth-order valence-corrected chi connectivity index (χ4v) is 1.59. The van der Waals surface area contributed by atoms with Gasteiger partial charge in [0.2, 0.25) is 0 Å². The molecule has 1 aromatic carbocycles. The summed E-state index contributed by atoms with van der Waals surface area (Å²) in [5, 5.41) is 12.2. The van der Waals surface area contributed by atoms with Crippen molar-refractivity contribution in [3.63, 3.8) is 0 Å². The summed E-state index contributed by atoms with van der Waals surface area (Å²) >= 11 is 5.70. The van der Waals surface area contributed by atoms with Crippen LogP contribution in [0.5, 0.6) is 0 Å². The molecule has 0 amide bonds. The van der Waals surface area contributed by atoms with Crippen LogP contribution >= 0.6 is 38.5 Å². The van der Waals surface area contributed by atoms with Crippen LogP contribution in [0.1, 0.15) is 6.92 Å². The molecule has 0 spiro atoms. The van der Waals surface area contributed by atoms with Crippen molar-refractivity contribution in [1.29, 1.82) is 0 Å².